The van der Waals surface area contributed by atoms with Gasteiger partial charge in [0.15, 0.2) is 0 Å². The Labute approximate surface area is 111 Å². The molecule has 4 nitrogen and oxygen atoms in total. The summed E-state index contributed by atoms with van der Waals surface area (Å²) in [4.78, 5) is 0. The van der Waals surface area contributed by atoms with Crippen molar-refractivity contribution in [1.82, 2.24) is 5.32 Å². The Morgan fingerprint density at radius 1 is 1.39 bits per heavy atom. The second kappa shape index (κ2) is 8.10. The van der Waals surface area contributed by atoms with Crippen molar-refractivity contribution in [2.24, 2.45) is 0 Å². The van der Waals surface area contributed by atoms with Crippen LogP contribution in [0.25, 0.3) is 0 Å². The molecule has 1 fully saturated rings. The summed E-state index contributed by atoms with van der Waals surface area (Å²) >= 11 is 0. The lowest BCUT2D eigenvalue weighted by Gasteiger charge is -2.40. The molecular formula is C14H29NO3. The molecule has 2 atom stereocenters. The molecule has 1 rings (SSSR count). The number of hydrogen-bond donors (Lipinski definition) is 2. The molecule has 108 valence electrons. The van der Waals surface area contributed by atoms with Gasteiger partial charge in [-0.25, -0.2) is 0 Å². The fourth-order valence-electron chi connectivity index (χ4n) is 2.56. The van der Waals surface area contributed by atoms with Crippen LogP contribution in [0.15, 0.2) is 0 Å². The number of nitrogens with one attached hydrogen (secondary N) is 1. The third-order valence-corrected chi connectivity index (χ3v) is 3.94. The largest absolute Gasteiger partial charge is 0.389 e. The van der Waals surface area contributed by atoms with Crippen LogP contribution in [0.5, 0.6) is 0 Å². The lowest BCUT2D eigenvalue weighted by atomic mass is 9.86. The van der Waals surface area contributed by atoms with Gasteiger partial charge in [-0.1, -0.05) is 13.8 Å². The summed E-state index contributed by atoms with van der Waals surface area (Å²) in [7, 11) is 0. The highest BCUT2D eigenvalue weighted by Gasteiger charge is 2.34. The van der Waals surface area contributed by atoms with Crippen molar-refractivity contribution in [2.45, 2.75) is 64.2 Å². The van der Waals surface area contributed by atoms with Crippen LogP contribution in [0, 0.1) is 0 Å². The molecule has 0 aromatic heterocycles. The Balaban J connectivity index is 2.29. The predicted octanol–water partition coefficient (Wildman–Crippen LogP) is 1.71. The van der Waals surface area contributed by atoms with Crippen molar-refractivity contribution in [3.05, 3.63) is 0 Å². The van der Waals surface area contributed by atoms with Gasteiger partial charge in [-0.15, -0.1) is 0 Å². The summed E-state index contributed by atoms with van der Waals surface area (Å²) in [6, 6.07) is 0.454. The highest BCUT2D eigenvalue weighted by Crippen LogP contribution is 2.31. The maximum Gasteiger partial charge on any atom is 0.0897 e. The highest BCUT2D eigenvalue weighted by molar-refractivity contribution is 4.88. The highest BCUT2D eigenvalue weighted by atomic mass is 16.5. The fraction of sp³-hybridized carbons (Fsp3) is 1.00. The number of ether oxygens (including phenoxy) is 2. The summed E-state index contributed by atoms with van der Waals surface area (Å²) in [5, 5.41) is 13.2. The van der Waals surface area contributed by atoms with Crippen molar-refractivity contribution in [2.75, 3.05) is 26.4 Å². The monoisotopic (exact) mass is 259 g/mol. The van der Waals surface area contributed by atoms with E-state index in [1.54, 1.807) is 0 Å². The molecule has 4 heteroatoms. The van der Waals surface area contributed by atoms with Crippen LogP contribution in [0.1, 0.15) is 46.5 Å². The molecular weight excluding hydrogens is 230 g/mol. The van der Waals surface area contributed by atoms with Gasteiger partial charge in [0.1, 0.15) is 0 Å². The van der Waals surface area contributed by atoms with Crippen LogP contribution in [-0.2, 0) is 9.47 Å². The number of aliphatic hydroxyl groups excluding tert-OH is 1. The van der Waals surface area contributed by atoms with Gasteiger partial charge in [0, 0.05) is 25.8 Å². The Hall–Kier alpha value is -0.160. The standard InChI is InChI=1S/C14H29NO3/c1-4-14(5-2)9-12(7-8-18-14)15-10-13(16)11-17-6-3/h12-13,15-16H,4-11H2,1-3H3. The van der Waals surface area contributed by atoms with E-state index in [0.717, 1.165) is 32.3 Å². The minimum Gasteiger partial charge on any atom is -0.389 e. The summed E-state index contributed by atoms with van der Waals surface area (Å²) < 4.78 is 11.1. The Morgan fingerprint density at radius 2 is 2.11 bits per heavy atom. The zero-order valence-corrected chi connectivity index (χ0v) is 12.1. The summed E-state index contributed by atoms with van der Waals surface area (Å²) in [6.07, 6.45) is 3.78. The van der Waals surface area contributed by atoms with E-state index in [-0.39, 0.29) is 5.60 Å². The van der Waals surface area contributed by atoms with Gasteiger partial charge in [-0.2, -0.15) is 0 Å². The zero-order chi connectivity index (χ0) is 13.4. The molecule has 0 aromatic rings. The minimum atomic E-state index is -0.412. The number of rotatable bonds is 8. The number of hydrogen-bond acceptors (Lipinski definition) is 4. The van der Waals surface area contributed by atoms with Gasteiger partial charge in [0.05, 0.1) is 18.3 Å². The van der Waals surface area contributed by atoms with Crippen molar-refractivity contribution in [3.8, 4) is 0 Å². The maximum absolute atomic E-state index is 9.74. The maximum atomic E-state index is 9.74. The fourth-order valence-corrected chi connectivity index (χ4v) is 2.56. The van der Waals surface area contributed by atoms with Crippen LogP contribution in [0.3, 0.4) is 0 Å². The Bertz CT molecular complexity index is 219. The second-order valence-corrected chi connectivity index (χ2v) is 5.15. The third kappa shape index (κ3) is 4.84. The first-order chi connectivity index (χ1) is 8.65. The SMILES string of the molecule is CCOCC(O)CNC1CCOC(CC)(CC)C1. The van der Waals surface area contributed by atoms with Gasteiger partial charge >= 0.3 is 0 Å². The molecule has 0 aromatic carbocycles. The Morgan fingerprint density at radius 3 is 2.72 bits per heavy atom. The molecule has 0 saturated carbocycles. The van der Waals surface area contributed by atoms with E-state index in [0.29, 0.717) is 25.8 Å². The molecule has 18 heavy (non-hydrogen) atoms. The van der Waals surface area contributed by atoms with Gasteiger partial charge in [-0.3, -0.25) is 0 Å². The zero-order valence-electron chi connectivity index (χ0n) is 12.1. The quantitative estimate of drug-likeness (QED) is 0.697. The van der Waals surface area contributed by atoms with Crippen LogP contribution in [0.4, 0.5) is 0 Å². The van der Waals surface area contributed by atoms with Gasteiger partial charge in [-0.05, 0) is 32.6 Å². The van der Waals surface area contributed by atoms with E-state index < -0.39 is 6.10 Å². The lowest BCUT2D eigenvalue weighted by Crippen LogP contribution is -2.48. The smallest absolute Gasteiger partial charge is 0.0897 e. The van der Waals surface area contributed by atoms with Crippen LogP contribution < -0.4 is 5.32 Å². The molecule has 1 heterocycles. The van der Waals surface area contributed by atoms with Crippen molar-refractivity contribution < 1.29 is 14.6 Å². The summed E-state index contributed by atoms with van der Waals surface area (Å²) in [6.45, 7) is 8.82. The molecule has 0 spiro atoms. The molecule has 1 saturated heterocycles. The number of aliphatic hydroxyl groups is 1. The molecule has 0 bridgehead atoms. The van der Waals surface area contributed by atoms with Crippen LogP contribution >= 0.6 is 0 Å². The van der Waals surface area contributed by atoms with E-state index >= 15 is 0 Å². The molecule has 1 aliphatic heterocycles. The molecule has 2 unspecified atom stereocenters. The first-order valence-electron chi connectivity index (χ1n) is 7.29. The van der Waals surface area contributed by atoms with Crippen molar-refractivity contribution in [3.63, 3.8) is 0 Å². The molecule has 0 aliphatic carbocycles. The third-order valence-electron chi connectivity index (χ3n) is 3.94. The minimum absolute atomic E-state index is 0.0424. The van der Waals surface area contributed by atoms with E-state index in [1.807, 2.05) is 6.92 Å². The Kier molecular flexibility index (Phi) is 7.15. The molecule has 2 N–H and O–H groups in total. The first-order valence-corrected chi connectivity index (χ1v) is 7.29. The van der Waals surface area contributed by atoms with Gasteiger partial charge in [0.2, 0.25) is 0 Å². The first kappa shape index (κ1) is 15.9. The predicted molar refractivity (Wildman–Crippen MR) is 72.8 cm³/mol. The van der Waals surface area contributed by atoms with Crippen LogP contribution in [0.2, 0.25) is 0 Å². The summed E-state index contributed by atoms with van der Waals surface area (Å²) in [5.41, 5.74) is 0.0424. The average Bonchev–Trinajstić information content (AvgIpc) is 2.43. The van der Waals surface area contributed by atoms with Crippen LogP contribution in [-0.4, -0.2) is 49.2 Å². The van der Waals surface area contributed by atoms with Gasteiger partial charge in [0.25, 0.3) is 0 Å². The summed E-state index contributed by atoms with van der Waals surface area (Å²) in [5.74, 6) is 0. The van der Waals surface area contributed by atoms with Crippen molar-refractivity contribution in [1.29, 1.82) is 0 Å². The average molecular weight is 259 g/mol. The normalized spacial score (nSPS) is 25.0. The van der Waals surface area contributed by atoms with E-state index in [2.05, 4.69) is 19.2 Å². The van der Waals surface area contributed by atoms with E-state index in [4.69, 9.17) is 9.47 Å². The second-order valence-electron chi connectivity index (χ2n) is 5.15. The topological polar surface area (TPSA) is 50.7 Å². The molecule has 1 aliphatic rings. The molecule has 0 amide bonds. The van der Waals surface area contributed by atoms with E-state index in [1.165, 1.54) is 0 Å². The van der Waals surface area contributed by atoms with Gasteiger partial charge < -0.3 is 19.9 Å². The van der Waals surface area contributed by atoms with Crippen molar-refractivity contribution >= 4 is 0 Å². The lowest BCUT2D eigenvalue weighted by molar-refractivity contribution is -0.0941. The van der Waals surface area contributed by atoms with E-state index in [9.17, 15) is 5.11 Å². The molecule has 0 radical (unpaired) electrons.